The second-order valence-electron chi connectivity index (χ2n) is 4.42. The van der Waals surface area contributed by atoms with Crippen LogP contribution >= 0.6 is 11.3 Å². The summed E-state index contributed by atoms with van der Waals surface area (Å²) >= 11 is 1.63. The van der Waals surface area contributed by atoms with E-state index in [1.54, 1.807) is 11.3 Å². The lowest BCUT2D eigenvalue weighted by atomic mass is 10.2. The molecule has 4 heteroatoms. The molecule has 2 rings (SSSR count). The summed E-state index contributed by atoms with van der Waals surface area (Å²) in [7, 11) is 0. The van der Waals surface area contributed by atoms with Gasteiger partial charge in [0, 0.05) is 15.3 Å². The summed E-state index contributed by atoms with van der Waals surface area (Å²) in [5.74, 6) is 1.27. The fourth-order valence-corrected chi connectivity index (χ4v) is 2.92. The number of ether oxygens (including phenoxy) is 2. The molecule has 0 aliphatic heterocycles. The van der Waals surface area contributed by atoms with Crippen molar-refractivity contribution >= 4 is 17.1 Å². The number of aryl methyl sites for hydroxylation is 2. The van der Waals surface area contributed by atoms with Gasteiger partial charge in [-0.15, -0.1) is 11.3 Å². The van der Waals surface area contributed by atoms with Crippen molar-refractivity contribution < 1.29 is 14.3 Å². The molecule has 0 aliphatic rings. The van der Waals surface area contributed by atoms with Gasteiger partial charge in [0.2, 0.25) is 5.78 Å². The van der Waals surface area contributed by atoms with Gasteiger partial charge in [0.15, 0.2) is 18.1 Å². The molecule has 0 aliphatic carbocycles. The smallest absolute Gasteiger partial charge is 0.201 e. The first-order valence-corrected chi connectivity index (χ1v) is 7.38. The summed E-state index contributed by atoms with van der Waals surface area (Å²) in [5.41, 5.74) is 0.751. The summed E-state index contributed by atoms with van der Waals surface area (Å²) in [5, 5.41) is 0. The molecule has 1 aromatic heterocycles. The van der Waals surface area contributed by atoms with Gasteiger partial charge >= 0.3 is 0 Å². The van der Waals surface area contributed by atoms with Crippen LogP contribution in [0.4, 0.5) is 0 Å². The average molecular weight is 290 g/mol. The molecule has 0 saturated heterocycles. The molecular weight excluding hydrogens is 272 g/mol. The molecule has 1 aromatic carbocycles. The number of Topliss-reactive ketones (excluding diaryl/α,β-unsaturated/α-hetero) is 1. The van der Waals surface area contributed by atoms with E-state index in [1.807, 2.05) is 51.1 Å². The third kappa shape index (κ3) is 3.39. The maximum absolute atomic E-state index is 12.2. The molecule has 2 aromatic rings. The number of ketones is 1. The fraction of sp³-hybridized carbons (Fsp3) is 0.312. The van der Waals surface area contributed by atoms with Crippen molar-refractivity contribution in [3.8, 4) is 11.5 Å². The van der Waals surface area contributed by atoms with Gasteiger partial charge in [0.25, 0.3) is 0 Å². The summed E-state index contributed by atoms with van der Waals surface area (Å²) in [6, 6.07) is 9.31. The van der Waals surface area contributed by atoms with Crippen LogP contribution in [0.2, 0.25) is 0 Å². The number of hydrogen-bond donors (Lipinski definition) is 0. The lowest BCUT2D eigenvalue weighted by Crippen LogP contribution is -2.12. The highest BCUT2D eigenvalue weighted by atomic mass is 32.1. The molecule has 0 amide bonds. The highest BCUT2D eigenvalue weighted by Gasteiger charge is 2.13. The lowest BCUT2D eigenvalue weighted by molar-refractivity contribution is 0.0919. The van der Waals surface area contributed by atoms with Crippen molar-refractivity contribution in [3.63, 3.8) is 0 Å². The Morgan fingerprint density at radius 1 is 1.15 bits per heavy atom. The van der Waals surface area contributed by atoms with Gasteiger partial charge in [0.1, 0.15) is 0 Å². The van der Waals surface area contributed by atoms with Crippen LogP contribution in [0, 0.1) is 13.8 Å². The van der Waals surface area contributed by atoms with E-state index in [-0.39, 0.29) is 12.4 Å². The second-order valence-corrected chi connectivity index (χ2v) is 5.88. The molecule has 0 bridgehead atoms. The lowest BCUT2D eigenvalue weighted by Gasteiger charge is -2.10. The third-order valence-corrected chi connectivity index (χ3v) is 3.82. The van der Waals surface area contributed by atoms with Gasteiger partial charge in [-0.05, 0) is 39.0 Å². The molecule has 0 fully saturated rings. The van der Waals surface area contributed by atoms with Crippen molar-refractivity contribution in [1.82, 2.24) is 0 Å². The Bertz CT molecular complexity index is 602. The van der Waals surface area contributed by atoms with Crippen LogP contribution in [0.25, 0.3) is 0 Å². The molecule has 0 spiro atoms. The molecule has 0 N–H and O–H groups in total. The quantitative estimate of drug-likeness (QED) is 0.754. The Labute approximate surface area is 123 Å². The third-order valence-electron chi connectivity index (χ3n) is 2.85. The van der Waals surface area contributed by atoms with E-state index in [0.29, 0.717) is 18.1 Å². The van der Waals surface area contributed by atoms with Crippen LogP contribution < -0.4 is 9.47 Å². The van der Waals surface area contributed by atoms with E-state index in [4.69, 9.17) is 9.47 Å². The predicted molar refractivity (Wildman–Crippen MR) is 81.2 cm³/mol. The highest BCUT2D eigenvalue weighted by molar-refractivity contribution is 7.12. The zero-order valence-electron chi connectivity index (χ0n) is 11.9. The number of carbonyl (C=O) groups is 1. The number of benzene rings is 1. The molecule has 0 unspecified atom stereocenters. The summed E-state index contributed by atoms with van der Waals surface area (Å²) in [6.45, 7) is 6.47. The SMILES string of the molecule is CCOc1ccccc1OCC(=O)c1cc(C)sc1C. The number of carbonyl (C=O) groups excluding carboxylic acids is 1. The summed E-state index contributed by atoms with van der Waals surface area (Å²) in [4.78, 5) is 14.3. The summed E-state index contributed by atoms with van der Waals surface area (Å²) in [6.07, 6.45) is 0. The zero-order valence-corrected chi connectivity index (χ0v) is 12.8. The van der Waals surface area contributed by atoms with Gasteiger partial charge < -0.3 is 9.47 Å². The zero-order chi connectivity index (χ0) is 14.5. The van der Waals surface area contributed by atoms with Gasteiger partial charge in [-0.25, -0.2) is 0 Å². The minimum atomic E-state index is -0.00171. The van der Waals surface area contributed by atoms with Crippen molar-refractivity contribution in [2.75, 3.05) is 13.2 Å². The molecule has 1 heterocycles. The number of rotatable bonds is 6. The van der Waals surface area contributed by atoms with Gasteiger partial charge in [-0.3, -0.25) is 4.79 Å². The first kappa shape index (κ1) is 14.6. The maximum Gasteiger partial charge on any atom is 0.201 e. The van der Waals surface area contributed by atoms with Crippen LogP contribution in [0.5, 0.6) is 11.5 Å². The number of para-hydroxylation sites is 2. The topological polar surface area (TPSA) is 35.5 Å². The molecule has 20 heavy (non-hydrogen) atoms. The van der Waals surface area contributed by atoms with Crippen molar-refractivity contribution in [1.29, 1.82) is 0 Å². The monoisotopic (exact) mass is 290 g/mol. The Kier molecular flexibility index (Phi) is 4.79. The van der Waals surface area contributed by atoms with Crippen LogP contribution in [0.3, 0.4) is 0 Å². The van der Waals surface area contributed by atoms with Gasteiger partial charge in [0.05, 0.1) is 6.61 Å². The van der Waals surface area contributed by atoms with E-state index >= 15 is 0 Å². The highest BCUT2D eigenvalue weighted by Crippen LogP contribution is 2.27. The Hall–Kier alpha value is -1.81. The summed E-state index contributed by atoms with van der Waals surface area (Å²) < 4.78 is 11.1. The van der Waals surface area contributed by atoms with E-state index in [0.717, 1.165) is 15.3 Å². The first-order chi connectivity index (χ1) is 9.61. The largest absolute Gasteiger partial charge is 0.490 e. The Balaban J connectivity index is 2.05. The van der Waals surface area contributed by atoms with Gasteiger partial charge in [-0.1, -0.05) is 12.1 Å². The number of hydrogen-bond acceptors (Lipinski definition) is 4. The maximum atomic E-state index is 12.2. The standard InChI is InChI=1S/C16H18O3S/c1-4-18-15-7-5-6-8-16(15)19-10-14(17)13-9-11(2)20-12(13)3/h5-9H,4,10H2,1-3H3. The van der Waals surface area contributed by atoms with E-state index < -0.39 is 0 Å². The minimum absolute atomic E-state index is 0.00171. The molecule has 0 atom stereocenters. The van der Waals surface area contributed by atoms with Crippen molar-refractivity contribution in [3.05, 3.63) is 45.6 Å². The fourth-order valence-electron chi connectivity index (χ4n) is 1.97. The Morgan fingerprint density at radius 2 is 1.80 bits per heavy atom. The van der Waals surface area contributed by atoms with Crippen LogP contribution in [-0.4, -0.2) is 19.0 Å². The van der Waals surface area contributed by atoms with Crippen molar-refractivity contribution in [2.24, 2.45) is 0 Å². The van der Waals surface area contributed by atoms with E-state index in [1.165, 1.54) is 0 Å². The van der Waals surface area contributed by atoms with Crippen molar-refractivity contribution in [2.45, 2.75) is 20.8 Å². The molecule has 106 valence electrons. The molecular formula is C16H18O3S. The minimum Gasteiger partial charge on any atom is -0.490 e. The number of thiophene rings is 1. The predicted octanol–water partition coefficient (Wildman–Crippen LogP) is 4.03. The van der Waals surface area contributed by atoms with Crippen LogP contribution in [-0.2, 0) is 0 Å². The van der Waals surface area contributed by atoms with Gasteiger partial charge in [-0.2, -0.15) is 0 Å². The van der Waals surface area contributed by atoms with E-state index in [9.17, 15) is 4.79 Å². The van der Waals surface area contributed by atoms with E-state index in [2.05, 4.69) is 0 Å². The average Bonchev–Trinajstić information content (AvgIpc) is 2.77. The normalized spacial score (nSPS) is 10.3. The first-order valence-electron chi connectivity index (χ1n) is 6.56. The molecule has 0 radical (unpaired) electrons. The molecule has 3 nitrogen and oxygen atoms in total. The second kappa shape index (κ2) is 6.57. The van der Waals surface area contributed by atoms with Crippen LogP contribution in [0.1, 0.15) is 27.0 Å². The molecule has 0 saturated carbocycles. The Morgan fingerprint density at radius 3 is 2.35 bits per heavy atom. The van der Waals surface area contributed by atoms with Crippen LogP contribution in [0.15, 0.2) is 30.3 Å².